The number of hydrogen-bond acceptors (Lipinski definition) is 3. The maximum absolute atomic E-state index is 12.1. The van der Waals surface area contributed by atoms with Crippen molar-refractivity contribution in [3.63, 3.8) is 0 Å². The number of amides is 1. The lowest BCUT2D eigenvalue weighted by Crippen LogP contribution is -2.21. The van der Waals surface area contributed by atoms with Crippen LogP contribution in [0.5, 0.6) is 5.75 Å². The molecule has 2 N–H and O–H groups in total. The van der Waals surface area contributed by atoms with Crippen LogP contribution in [-0.2, 0) is 11.2 Å². The standard InChI is InChI=1S/C23H22Cl2N2O2/c24-21-13-10-19(15-22(21)25)27-23(28)16-26-18-8-11-20(12-9-18)29-14-4-7-17-5-2-1-3-6-17/h1-3,5-6,8-13,15,26H,4,7,14,16H2,(H,27,28). The summed E-state index contributed by atoms with van der Waals surface area (Å²) >= 11 is 11.8. The van der Waals surface area contributed by atoms with Crippen LogP contribution in [-0.4, -0.2) is 19.1 Å². The van der Waals surface area contributed by atoms with E-state index >= 15 is 0 Å². The third kappa shape index (κ3) is 7.00. The molecule has 4 nitrogen and oxygen atoms in total. The van der Waals surface area contributed by atoms with E-state index in [4.69, 9.17) is 27.9 Å². The Morgan fingerprint density at radius 3 is 2.31 bits per heavy atom. The first-order chi connectivity index (χ1) is 14.1. The summed E-state index contributed by atoms with van der Waals surface area (Å²) < 4.78 is 5.78. The first-order valence-electron chi connectivity index (χ1n) is 9.36. The number of nitrogens with one attached hydrogen (secondary N) is 2. The third-order valence-electron chi connectivity index (χ3n) is 4.23. The summed E-state index contributed by atoms with van der Waals surface area (Å²) in [5.41, 5.74) is 2.76. The van der Waals surface area contributed by atoms with Crippen molar-refractivity contribution in [2.45, 2.75) is 12.8 Å². The van der Waals surface area contributed by atoms with Gasteiger partial charge in [-0.1, -0.05) is 53.5 Å². The SMILES string of the molecule is O=C(CNc1ccc(OCCCc2ccccc2)cc1)Nc1ccc(Cl)c(Cl)c1. The van der Waals surface area contributed by atoms with Crippen molar-refractivity contribution in [3.8, 4) is 5.75 Å². The van der Waals surface area contributed by atoms with Gasteiger partial charge >= 0.3 is 0 Å². The monoisotopic (exact) mass is 428 g/mol. The van der Waals surface area contributed by atoms with Crippen LogP contribution in [0.4, 0.5) is 11.4 Å². The van der Waals surface area contributed by atoms with E-state index in [-0.39, 0.29) is 12.5 Å². The van der Waals surface area contributed by atoms with Gasteiger partial charge in [0.1, 0.15) is 5.75 Å². The molecule has 29 heavy (non-hydrogen) atoms. The fourth-order valence-electron chi connectivity index (χ4n) is 2.74. The third-order valence-corrected chi connectivity index (χ3v) is 4.97. The quantitative estimate of drug-likeness (QED) is 0.407. The van der Waals surface area contributed by atoms with Gasteiger partial charge in [0.15, 0.2) is 0 Å². The van der Waals surface area contributed by atoms with Crippen LogP contribution in [0.25, 0.3) is 0 Å². The molecule has 0 atom stereocenters. The fraction of sp³-hybridized carbons (Fsp3) is 0.174. The van der Waals surface area contributed by atoms with E-state index < -0.39 is 0 Å². The predicted octanol–water partition coefficient (Wildman–Crippen LogP) is 6.06. The lowest BCUT2D eigenvalue weighted by molar-refractivity contribution is -0.114. The van der Waals surface area contributed by atoms with Crippen molar-refractivity contribution in [1.82, 2.24) is 0 Å². The zero-order chi connectivity index (χ0) is 20.5. The molecule has 6 heteroatoms. The highest BCUT2D eigenvalue weighted by Crippen LogP contribution is 2.25. The van der Waals surface area contributed by atoms with Crippen LogP contribution < -0.4 is 15.4 Å². The van der Waals surface area contributed by atoms with Crippen molar-refractivity contribution in [2.24, 2.45) is 0 Å². The van der Waals surface area contributed by atoms with Crippen LogP contribution in [0, 0.1) is 0 Å². The highest BCUT2D eigenvalue weighted by molar-refractivity contribution is 6.42. The molecule has 0 unspecified atom stereocenters. The molecule has 150 valence electrons. The molecular weight excluding hydrogens is 407 g/mol. The van der Waals surface area contributed by atoms with Crippen LogP contribution in [0.3, 0.4) is 0 Å². The number of hydrogen-bond donors (Lipinski definition) is 2. The van der Waals surface area contributed by atoms with Gasteiger partial charge in [-0.15, -0.1) is 0 Å². The van der Waals surface area contributed by atoms with Crippen LogP contribution in [0.15, 0.2) is 72.8 Å². The molecule has 0 bridgehead atoms. The maximum atomic E-state index is 12.1. The van der Waals surface area contributed by atoms with Crippen molar-refractivity contribution >= 4 is 40.5 Å². The number of aryl methyl sites for hydroxylation is 1. The first kappa shape index (κ1) is 21.0. The number of carbonyl (C=O) groups excluding carboxylic acids is 1. The van der Waals surface area contributed by atoms with Crippen molar-refractivity contribution in [3.05, 3.63) is 88.4 Å². The summed E-state index contributed by atoms with van der Waals surface area (Å²) in [6.45, 7) is 0.797. The average molecular weight is 429 g/mol. The molecule has 0 spiro atoms. The van der Waals surface area contributed by atoms with E-state index in [2.05, 4.69) is 22.8 Å². The van der Waals surface area contributed by atoms with Gasteiger partial charge < -0.3 is 15.4 Å². The first-order valence-corrected chi connectivity index (χ1v) is 10.1. The van der Waals surface area contributed by atoms with Crippen LogP contribution in [0.1, 0.15) is 12.0 Å². The number of anilines is 2. The van der Waals surface area contributed by atoms with Gasteiger partial charge in [0.2, 0.25) is 5.91 Å². The topological polar surface area (TPSA) is 50.4 Å². The second kappa shape index (κ2) is 10.7. The summed E-state index contributed by atoms with van der Waals surface area (Å²) in [6.07, 6.45) is 1.95. The summed E-state index contributed by atoms with van der Waals surface area (Å²) in [6, 6.07) is 22.9. The number of rotatable bonds is 9. The maximum Gasteiger partial charge on any atom is 0.243 e. The minimum Gasteiger partial charge on any atom is -0.494 e. The molecule has 0 saturated carbocycles. The van der Waals surface area contributed by atoms with Gasteiger partial charge in [0.05, 0.1) is 23.2 Å². The molecule has 0 aliphatic rings. The Morgan fingerprint density at radius 1 is 0.862 bits per heavy atom. The van der Waals surface area contributed by atoms with E-state index in [0.717, 1.165) is 24.3 Å². The van der Waals surface area contributed by atoms with Gasteiger partial charge in [0.25, 0.3) is 0 Å². The molecule has 0 aliphatic carbocycles. The van der Waals surface area contributed by atoms with Gasteiger partial charge in [-0.05, 0) is 60.9 Å². The Morgan fingerprint density at radius 2 is 1.59 bits per heavy atom. The summed E-state index contributed by atoms with van der Waals surface area (Å²) in [5.74, 6) is 0.633. The van der Waals surface area contributed by atoms with Crippen molar-refractivity contribution in [1.29, 1.82) is 0 Å². The summed E-state index contributed by atoms with van der Waals surface area (Å²) in [5, 5.41) is 6.70. The van der Waals surface area contributed by atoms with E-state index in [1.54, 1.807) is 18.2 Å². The zero-order valence-corrected chi connectivity index (χ0v) is 17.3. The lowest BCUT2D eigenvalue weighted by atomic mass is 10.1. The highest BCUT2D eigenvalue weighted by Gasteiger charge is 2.05. The molecule has 1 amide bonds. The van der Waals surface area contributed by atoms with Crippen LogP contribution in [0.2, 0.25) is 10.0 Å². The normalized spacial score (nSPS) is 10.4. The minimum absolute atomic E-state index is 0.136. The molecule has 3 aromatic rings. The number of benzene rings is 3. The molecule has 0 aromatic heterocycles. The molecule has 3 aromatic carbocycles. The van der Waals surface area contributed by atoms with Crippen molar-refractivity contribution in [2.75, 3.05) is 23.8 Å². The lowest BCUT2D eigenvalue weighted by Gasteiger charge is -2.10. The smallest absolute Gasteiger partial charge is 0.243 e. The second-order valence-electron chi connectivity index (χ2n) is 6.49. The van der Waals surface area contributed by atoms with Gasteiger partial charge in [-0.3, -0.25) is 4.79 Å². The van der Waals surface area contributed by atoms with E-state index in [0.29, 0.717) is 22.3 Å². The molecule has 0 heterocycles. The Balaban J connectivity index is 1.38. The Labute approximate surface area is 180 Å². The Bertz CT molecular complexity index is 931. The van der Waals surface area contributed by atoms with Gasteiger partial charge in [0, 0.05) is 11.4 Å². The fourth-order valence-corrected chi connectivity index (χ4v) is 3.04. The molecule has 0 aliphatic heterocycles. The molecular formula is C23H22Cl2N2O2. The molecule has 0 saturated heterocycles. The van der Waals surface area contributed by atoms with E-state index in [1.165, 1.54) is 5.56 Å². The number of ether oxygens (including phenoxy) is 1. The van der Waals surface area contributed by atoms with E-state index in [9.17, 15) is 4.79 Å². The molecule has 0 radical (unpaired) electrons. The van der Waals surface area contributed by atoms with Gasteiger partial charge in [-0.25, -0.2) is 0 Å². The van der Waals surface area contributed by atoms with Crippen LogP contribution >= 0.6 is 23.2 Å². The van der Waals surface area contributed by atoms with Crippen molar-refractivity contribution < 1.29 is 9.53 Å². The minimum atomic E-state index is -0.176. The number of carbonyl (C=O) groups is 1. The van der Waals surface area contributed by atoms with Gasteiger partial charge in [-0.2, -0.15) is 0 Å². The second-order valence-corrected chi connectivity index (χ2v) is 7.31. The Hall–Kier alpha value is -2.69. The summed E-state index contributed by atoms with van der Waals surface area (Å²) in [4.78, 5) is 12.1. The zero-order valence-electron chi connectivity index (χ0n) is 15.8. The number of halogens is 2. The molecule has 3 rings (SSSR count). The molecule has 0 fully saturated rings. The Kier molecular flexibility index (Phi) is 7.79. The summed E-state index contributed by atoms with van der Waals surface area (Å²) in [7, 11) is 0. The van der Waals surface area contributed by atoms with E-state index in [1.807, 2.05) is 42.5 Å². The predicted molar refractivity (Wildman–Crippen MR) is 120 cm³/mol. The largest absolute Gasteiger partial charge is 0.494 e. The average Bonchev–Trinajstić information content (AvgIpc) is 2.74. The highest BCUT2D eigenvalue weighted by atomic mass is 35.5.